The van der Waals surface area contributed by atoms with E-state index in [0.717, 1.165) is 0 Å². The monoisotopic (exact) mass is 271 g/mol. The number of benzene rings is 1. The van der Waals surface area contributed by atoms with E-state index in [4.69, 9.17) is 0 Å². The third-order valence-electron chi connectivity index (χ3n) is 2.96. The van der Waals surface area contributed by atoms with Gasteiger partial charge in [-0.1, -0.05) is 19.1 Å². The standard InChI is InChI=1S/C15H17N3O2/c1-4-12(19)11-9-16-14(17-15(11)18(2)3)10-7-5-6-8-13(10)20/h5-9,20H,4H2,1-3H3. The van der Waals surface area contributed by atoms with E-state index in [1.807, 2.05) is 14.1 Å². The van der Waals surface area contributed by atoms with Gasteiger partial charge in [0.1, 0.15) is 11.6 Å². The fraction of sp³-hybridized carbons (Fsp3) is 0.267. The third-order valence-corrected chi connectivity index (χ3v) is 2.96. The molecule has 0 saturated carbocycles. The second kappa shape index (κ2) is 5.69. The van der Waals surface area contributed by atoms with Crippen LogP contribution >= 0.6 is 0 Å². The van der Waals surface area contributed by atoms with Crippen molar-refractivity contribution in [2.24, 2.45) is 0 Å². The van der Waals surface area contributed by atoms with Crippen molar-refractivity contribution in [1.29, 1.82) is 0 Å². The second-order valence-electron chi connectivity index (χ2n) is 4.62. The lowest BCUT2D eigenvalue weighted by molar-refractivity contribution is 0.0988. The van der Waals surface area contributed by atoms with Crippen LogP contribution in [-0.4, -0.2) is 35.0 Å². The first-order valence-corrected chi connectivity index (χ1v) is 6.40. The Morgan fingerprint density at radius 3 is 2.60 bits per heavy atom. The van der Waals surface area contributed by atoms with Gasteiger partial charge in [-0.3, -0.25) is 4.79 Å². The summed E-state index contributed by atoms with van der Waals surface area (Å²) in [6.07, 6.45) is 1.93. The largest absolute Gasteiger partial charge is 0.507 e. The first kappa shape index (κ1) is 14.0. The molecule has 0 aliphatic rings. The number of hydrogen-bond acceptors (Lipinski definition) is 5. The van der Waals surface area contributed by atoms with Gasteiger partial charge >= 0.3 is 0 Å². The van der Waals surface area contributed by atoms with Crippen molar-refractivity contribution in [3.05, 3.63) is 36.0 Å². The molecule has 0 fully saturated rings. The number of ketones is 1. The number of Topliss-reactive ketones (excluding diaryl/α,β-unsaturated/α-hetero) is 1. The van der Waals surface area contributed by atoms with E-state index in [2.05, 4.69) is 9.97 Å². The summed E-state index contributed by atoms with van der Waals surface area (Å²) in [7, 11) is 3.65. The van der Waals surface area contributed by atoms with Gasteiger partial charge in [-0.2, -0.15) is 0 Å². The molecule has 2 rings (SSSR count). The van der Waals surface area contributed by atoms with Gasteiger partial charge in [0.05, 0.1) is 11.1 Å². The van der Waals surface area contributed by atoms with Gasteiger partial charge in [-0.25, -0.2) is 9.97 Å². The lowest BCUT2D eigenvalue weighted by Gasteiger charge is -2.16. The van der Waals surface area contributed by atoms with Gasteiger partial charge < -0.3 is 10.0 Å². The van der Waals surface area contributed by atoms with Crippen LogP contribution in [0.4, 0.5) is 5.82 Å². The average molecular weight is 271 g/mol. The molecule has 5 heteroatoms. The minimum Gasteiger partial charge on any atom is -0.507 e. The number of para-hydroxylation sites is 1. The van der Waals surface area contributed by atoms with Crippen LogP contribution in [0.25, 0.3) is 11.4 Å². The first-order chi connectivity index (χ1) is 9.54. The van der Waals surface area contributed by atoms with Crippen LogP contribution in [0.3, 0.4) is 0 Å². The minimum absolute atomic E-state index is 0.00228. The molecule has 1 aromatic heterocycles. The van der Waals surface area contributed by atoms with Crippen molar-refractivity contribution in [3.8, 4) is 17.1 Å². The number of phenolic OH excluding ortho intramolecular Hbond substituents is 1. The van der Waals surface area contributed by atoms with Crippen molar-refractivity contribution in [2.75, 3.05) is 19.0 Å². The van der Waals surface area contributed by atoms with E-state index in [1.165, 1.54) is 6.20 Å². The van der Waals surface area contributed by atoms with Crippen molar-refractivity contribution in [3.63, 3.8) is 0 Å². The van der Waals surface area contributed by atoms with Gasteiger partial charge in [-0.15, -0.1) is 0 Å². The van der Waals surface area contributed by atoms with Gasteiger partial charge in [0, 0.05) is 26.7 Å². The van der Waals surface area contributed by atoms with Gasteiger partial charge in [-0.05, 0) is 12.1 Å². The Hall–Kier alpha value is -2.43. The number of aromatic nitrogens is 2. The van der Waals surface area contributed by atoms with Crippen molar-refractivity contribution in [1.82, 2.24) is 9.97 Å². The van der Waals surface area contributed by atoms with E-state index in [0.29, 0.717) is 29.2 Å². The molecule has 1 N–H and O–H groups in total. The molecule has 0 saturated heterocycles. The highest BCUT2D eigenvalue weighted by Gasteiger charge is 2.16. The number of carbonyl (C=O) groups is 1. The summed E-state index contributed by atoms with van der Waals surface area (Å²) in [5, 5.41) is 9.86. The molecule has 0 unspecified atom stereocenters. The molecule has 5 nitrogen and oxygen atoms in total. The van der Waals surface area contributed by atoms with Crippen LogP contribution in [-0.2, 0) is 0 Å². The predicted octanol–water partition coefficient (Wildman–Crippen LogP) is 2.51. The highest BCUT2D eigenvalue weighted by molar-refractivity contribution is 6.00. The molecule has 0 aliphatic carbocycles. The predicted molar refractivity (Wildman–Crippen MR) is 78.1 cm³/mol. The third kappa shape index (κ3) is 2.61. The van der Waals surface area contributed by atoms with Crippen molar-refractivity contribution in [2.45, 2.75) is 13.3 Å². The van der Waals surface area contributed by atoms with E-state index in [9.17, 15) is 9.90 Å². The summed E-state index contributed by atoms with van der Waals surface area (Å²) in [6.45, 7) is 1.80. The zero-order chi connectivity index (χ0) is 14.7. The molecular formula is C15H17N3O2. The van der Waals surface area contributed by atoms with Crippen LogP contribution in [0.1, 0.15) is 23.7 Å². The maximum Gasteiger partial charge on any atom is 0.167 e. The molecule has 1 aromatic carbocycles. The molecule has 0 amide bonds. The average Bonchev–Trinajstić information content (AvgIpc) is 2.46. The zero-order valence-corrected chi connectivity index (χ0v) is 11.8. The SMILES string of the molecule is CCC(=O)c1cnc(-c2ccccc2O)nc1N(C)C. The molecule has 2 aromatic rings. The number of aromatic hydroxyl groups is 1. The van der Waals surface area contributed by atoms with Crippen molar-refractivity contribution < 1.29 is 9.90 Å². The molecule has 0 atom stereocenters. The van der Waals surface area contributed by atoms with Crippen LogP contribution in [0.15, 0.2) is 30.5 Å². The van der Waals surface area contributed by atoms with Gasteiger partial charge in [0.2, 0.25) is 0 Å². The summed E-state index contributed by atoms with van der Waals surface area (Å²) in [5.41, 5.74) is 1.04. The summed E-state index contributed by atoms with van der Waals surface area (Å²) < 4.78 is 0. The maximum absolute atomic E-state index is 11.9. The fourth-order valence-electron chi connectivity index (χ4n) is 1.89. The number of rotatable bonds is 4. The molecule has 0 radical (unpaired) electrons. The Bertz CT molecular complexity index is 639. The molecule has 0 aliphatic heterocycles. The molecular weight excluding hydrogens is 254 g/mol. The molecule has 0 bridgehead atoms. The summed E-state index contributed by atoms with van der Waals surface area (Å²) in [6, 6.07) is 6.87. The molecule has 104 valence electrons. The number of phenols is 1. The van der Waals surface area contributed by atoms with Crippen LogP contribution in [0.2, 0.25) is 0 Å². The Balaban J connectivity index is 2.56. The zero-order valence-electron chi connectivity index (χ0n) is 11.8. The highest BCUT2D eigenvalue weighted by Crippen LogP contribution is 2.28. The van der Waals surface area contributed by atoms with E-state index >= 15 is 0 Å². The van der Waals surface area contributed by atoms with E-state index in [1.54, 1.807) is 36.1 Å². The molecule has 1 heterocycles. The first-order valence-electron chi connectivity index (χ1n) is 6.40. The van der Waals surface area contributed by atoms with Gasteiger partial charge in [0.15, 0.2) is 11.6 Å². The number of carbonyl (C=O) groups excluding carboxylic acids is 1. The summed E-state index contributed by atoms with van der Waals surface area (Å²) >= 11 is 0. The Morgan fingerprint density at radius 1 is 1.30 bits per heavy atom. The minimum atomic E-state index is -0.00228. The molecule has 20 heavy (non-hydrogen) atoms. The Kier molecular flexibility index (Phi) is 3.98. The lowest BCUT2D eigenvalue weighted by Crippen LogP contribution is -2.16. The fourth-order valence-corrected chi connectivity index (χ4v) is 1.89. The Labute approximate surface area is 117 Å². The summed E-state index contributed by atoms with van der Waals surface area (Å²) in [4.78, 5) is 22.3. The highest BCUT2D eigenvalue weighted by atomic mass is 16.3. The van der Waals surface area contributed by atoms with E-state index < -0.39 is 0 Å². The lowest BCUT2D eigenvalue weighted by atomic mass is 10.1. The van der Waals surface area contributed by atoms with E-state index in [-0.39, 0.29) is 11.5 Å². The number of nitrogens with zero attached hydrogens (tertiary/aromatic N) is 3. The number of hydrogen-bond donors (Lipinski definition) is 1. The second-order valence-corrected chi connectivity index (χ2v) is 4.62. The normalized spacial score (nSPS) is 10.3. The van der Waals surface area contributed by atoms with Crippen LogP contribution < -0.4 is 4.90 Å². The Morgan fingerprint density at radius 2 is 2.00 bits per heavy atom. The van der Waals surface area contributed by atoms with Crippen LogP contribution in [0, 0.1) is 0 Å². The summed E-state index contributed by atoms with van der Waals surface area (Å²) in [5.74, 6) is 1.08. The number of anilines is 1. The van der Waals surface area contributed by atoms with Gasteiger partial charge in [0.25, 0.3) is 0 Å². The quantitative estimate of drug-likeness (QED) is 0.865. The maximum atomic E-state index is 11.9. The van der Waals surface area contributed by atoms with Crippen molar-refractivity contribution >= 4 is 11.6 Å². The molecule has 0 spiro atoms. The topological polar surface area (TPSA) is 66.3 Å². The van der Waals surface area contributed by atoms with Crippen LogP contribution in [0.5, 0.6) is 5.75 Å². The smallest absolute Gasteiger partial charge is 0.167 e.